The number of rotatable bonds is 7. The second-order valence-electron chi connectivity index (χ2n) is 14.4. The maximum atomic E-state index is 2.75. The summed E-state index contributed by atoms with van der Waals surface area (Å²) in [6.45, 7) is 14.9. The molecule has 7 atom stereocenters. The Hall–Kier alpha value is 0.470. The van der Waals surface area contributed by atoms with E-state index in [4.69, 9.17) is 0 Å². The van der Waals surface area contributed by atoms with E-state index in [-0.39, 0.29) is 0 Å². The Kier molecular flexibility index (Phi) is 8.16. The zero-order chi connectivity index (χ0) is 23.1. The first-order valence-corrected chi connectivity index (χ1v) is 15.9. The number of allylic oxidation sites excluding steroid dienone is 2. The van der Waals surface area contributed by atoms with Crippen molar-refractivity contribution in [2.75, 3.05) is 4.43 Å². The van der Waals surface area contributed by atoms with Crippen molar-refractivity contribution in [3.63, 3.8) is 0 Å². The van der Waals surface area contributed by atoms with Crippen LogP contribution in [-0.2, 0) is 0 Å². The number of unbranched alkanes of at least 4 members (excludes halogenated alkanes) is 1. The van der Waals surface area contributed by atoms with Crippen LogP contribution in [0.2, 0.25) is 0 Å². The van der Waals surface area contributed by atoms with Crippen LogP contribution in [0.5, 0.6) is 0 Å². The highest BCUT2D eigenvalue weighted by Gasteiger charge is 2.55. The quantitative estimate of drug-likeness (QED) is 0.128. The summed E-state index contributed by atoms with van der Waals surface area (Å²) in [5, 5.41) is 0. The molecule has 0 nitrogen and oxygen atoms in total. The molecule has 4 aliphatic rings. The number of halogens is 1. The molecule has 4 rings (SSSR count). The van der Waals surface area contributed by atoms with Crippen molar-refractivity contribution in [2.45, 2.75) is 125 Å². The topological polar surface area (TPSA) is 0 Å². The summed E-state index contributed by atoms with van der Waals surface area (Å²) in [6.07, 6.45) is 19.4. The second-order valence-corrected chi connectivity index (χ2v) is 15.3. The maximum absolute atomic E-state index is 2.75. The van der Waals surface area contributed by atoms with Gasteiger partial charge in [-0.3, -0.25) is 0 Å². The van der Waals surface area contributed by atoms with Crippen molar-refractivity contribution in [2.24, 2.45) is 52.3 Å². The van der Waals surface area contributed by atoms with E-state index >= 15 is 0 Å². The Morgan fingerprint density at radius 1 is 1.03 bits per heavy atom. The van der Waals surface area contributed by atoms with Crippen LogP contribution >= 0.6 is 22.6 Å². The summed E-state index contributed by atoms with van der Waals surface area (Å²) < 4.78 is 1.37. The Bertz CT molecular complexity index is 666. The van der Waals surface area contributed by atoms with Crippen LogP contribution in [0.25, 0.3) is 0 Å². The molecule has 2 fully saturated rings. The lowest BCUT2D eigenvalue weighted by molar-refractivity contribution is 0.00311. The van der Waals surface area contributed by atoms with E-state index in [1.807, 2.05) is 11.1 Å². The predicted octanol–water partition coefficient (Wildman–Crippen LogP) is 10.2. The Labute approximate surface area is 214 Å². The molecule has 0 aromatic rings. The molecule has 0 bridgehead atoms. The minimum absolute atomic E-state index is 0.487. The monoisotopic (exact) mass is 552 g/mol. The summed E-state index contributed by atoms with van der Waals surface area (Å²) >= 11 is 2.74. The molecule has 0 aliphatic heterocycles. The average molecular weight is 553 g/mol. The third-order valence-electron chi connectivity index (χ3n) is 10.5. The van der Waals surface area contributed by atoms with Gasteiger partial charge in [0.05, 0.1) is 0 Å². The first-order chi connectivity index (χ1) is 15.1. The van der Waals surface area contributed by atoms with E-state index in [0.717, 1.165) is 41.4 Å². The maximum Gasteiger partial charge on any atom is 0.00612 e. The Morgan fingerprint density at radius 2 is 1.81 bits per heavy atom. The molecule has 0 aromatic heterocycles. The molecule has 0 heterocycles. The molecule has 0 radical (unpaired) electrons. The van der Waals surface area contributed by atoms with Crippen molar-refractivity contribution in [1.29, 1.82) is 0 Å². The number of fused-ring (bicyclic) bond motifs is 4. The van der Waals surface area contributed by atoms with Gasteiger partial charge in [0, 0.05) is 4.43 Å². The van der Waals surface area contributed by atoms with Crippen molar-refractivity contribution in [1.82, 2.24) is 0 Å². The molecule has 4 aliphatic carbocycles. The Balaban J connectivity index is 1.46. The van der Waals surface area contributed by atoms with Gasteiger partial charge in [-0.25, -0.2) is 0 Å². The largest absolute Gasteiger partial charge is 0.0857 e. The SMILES string of the molecule is CC(C)CCCCC1CCC2C3CC(CI)C4=C(CCC(CC(C)(C)C)C4)C3CCC12C. The fraction of sp³-hybridized carbons (Fsp3) is 0.935. The van der Waals surface area contributed by atoms with Gasteiger partial charge < -0.3 is 0 Å². The molecule has 7 unspecified atom stereocenters. The number of alkyl halides is 1. The third-order valence-corrected chi connectivity index (χ3v) is 11.6. The zero-order valence-electron chi connectivity index (χ0n) is 22.3. The third kappa shape index (κ3) is 5.33. The van der Waals surface area contributed by atoms with E-state index in [2.05, 4.69) is 64.1 Å². The van der Waals surface area contributed by atoms with Crippen molar-refractivity contribution in [3.8, 4) is 0 Å². The van der Waals surface area contributed by atoms with E-state index in [9.17, 15) is 0 Å². The smallest absolute Gasteiger partial charge is 0.00612 e. The molecule has 32 heavy (non-hydrogen) atoms. The van der Waals surface area contributed by atoms with Gasteiger partial charge in [0.2, 0.25) is 0 Å². The van der Waals surface area contributed by atoms with Crippen LogP contribution in [0.1, 0.15) is 125 Å². The predicted molar refractivity (Wildman–Crippen MR) is 149 cm³/mol. The number of hydrogen-bond acceptors (Lipinski definition) is 0. The first-order valence-electron chi connectivity index (χ1n) is 14.4. The van der Waals surface area contributed by atoms with E-state index in [1.165, 1.54) is 75.1 Å². The Morgan fingerprint density at radius 3 is 2.50 bits per heavy atom. The van der Waals surface area contributed by atoms with Gasteiger partial charge in [-0.05, 0) is 116 Å². The molecular weight excluding hydrogens is 499 g/mol. The van der Waals surface area contributed by atoms with Crippen LogP contribution in [0, 0.1) is 52.3 Å². The van der Waals surface area contributed by atoms with Gasteiger partial charge in [-0.1, -0.05) is 94.5 Å². The van der Waals surface area contributed by atoms with E-state index in [1.54, 1.807) is 12.8 Å². The average Bonchev–Trinajstić information content (AvgIpc) is 3.05. The molecule has 0 N–H and O–H groups in total. The molecule has 0 saturated heterocycles. The highest BCUT2D eigenvalue weighted by molar-refractivity contribution is 14.1. The lowest BCUT2D eigenvalue weighted by atomic mass is 9.51. The summed E-state index contributed by atoms with van der Waals surface area (Å²) in [7, 11) is 0. The van der Waals surface area contributed by atoms with Crippen LogP contribution in [0.4, 0.5) is 0 Å². The van der Waals surface area contributed by atoms with Crippen molar-refractivity contribution < 1.29 is 0 Å². The van der Waals surface area contributed by atoms with Crippen LogP contribution in [0.3, 0.4) is 0 Å². The van der Waals surface area contributed by atoms with Gasteiger partial charge in [-0.15, -0.1) is 0 Å². The molecule has 0 amide bonds. The van der Waals surface area contributed by atoms with Gasteiger partial charge in [-0.2, -0.15) is 0 Å². The van der Waals surface area contributed by atoms with Crippen molar-refractivity contribution in [3.05, 3.63) is 11.1 Å². The minimum Gasteiger partial charge on any atom is -0.0857 e. The lowest BCUT2D eigenvalue weighted by Gasteiger charge is -2.54. The van der Waals surface area contributed by atoms with Crippen LogP contribution in [0.15, 0.2) is 11.1 Å². The van der Waals surface area contributed by atoms with E-state index in [0.29, 0.717) is 10.8 Å². The summed E-state index contributed by atoms with van der Waals surface area (Å²) in [5.74, 6) is 6.78. The zero-order valence-corrected chi connectivity index (χ0v) is 24.5. The fourth-order valence-corrected chi connectivity index (χ4v) is 10.1. The highest BCUT2D eigenvalue weighted by Crippen LogP contribution is 2.65. The van der Waals surface area contributed by atoms with Crippen LogP contribution < -0.4 is 0 Å². The highest BCUT2D eigenvalue weighted by atomic mass is 127. The first kappa shape index (κ1) is 25.6. The van der Waals surface area contributed by atoms with Gasteiger partial charge in [0.25, 0.3) is 0 Å². The molecule has 184 valence electrons. The molecular formula is C31H53I. The van der Waals surface area contributed by atoms with Crippen LogP contribution in [-0.4, -0.2) is 4.43 Å². The van der Waals surface area contributed by atoms with Gasteiger partial charge in [0.15, 0.2) is 0 Å². The lowest BCUT2D eigenvalue weighted by Crippen LogP contribution is -2.45. The van der Waals surface area contributed by atoms with Gasteiger partial charge in [0.1, 0.15) is 0 Å². The summed E-state index contributed by atoms with van der Waals surface area (Å²) in [4.78, 5) is 0. The van der Waals surface area contributed by atoms with Gasteiger partial charge >= 0.3 is 0 Å². The summed E-state index contributed by atoms with van der Waals surface area (Å²) in [5.41, 5.74) is 5.14. The summed E-state index contributed by atoms with van der Waals surface area (Å²) in [6, 6.07) is 0. The minimum atomic E-state index is 0.487. The van der Waals surface area contributed by atoms with E-state index < -0.39 is 0 Å². The number of hydrogen-bond donors (Lipinski definition) is 0. The fourth-order valence-electron chi connectivity index (χ4n) is 9.16. The molecule has 0 aromatic carbocycles. The molecule has 1 heteroatoms. The standard InChI is InChI=1S/C31H53I/c1-21(2)9-7-8-10-24-12-14-29-28-18-23(20-32)27-17-22(19-30(3,4)5)11-13-25(27)26(28)15-16-31(24,29)6/h21-24,26,28-29H,7-20H2,1-6H3. The molecule has 2 saturated carbocycles. The molecule has 0 spiro atoms. The van der Waals surface area contributed by atoms with Crippen molar-refractivity contribution >= 4 is 22.6 Å². The normalized spacial score (nSPS) is 39.8. The second kappa shape index (κ2) is 10.2.